The van der Waals surface area contributed by atoms with Crippen LogP contribution in [0, 0.1) is 0 Å². The van der Waals surface area contributed by atoms with Gasteiger partial charge in [0.25, 0.3) is 0 Å². The smallest absolute Gasteiger partial charge is 0.161 e. The molecule has 0 aliphatic rings. The number of nitrogens with zero attached hydrogens (tertiary/aromatic N) is 1. The monoisotopic (exact) mass is 235 g/mol. The summed E-state index contributed by atoms with van der Waals surface area (Å²) in [6, 6.07) is 8.08. The minimum atomic E-state index is -0.134. The lowest BCUT2D eigenvalue weighted by Crippen LogP contribution is -2.35. The maximum absolute atomic E-state index is 8.65. The first-order chi connectivity index (χ1) is 8.08. The van der Waals surface area contributed by atoms with Gasteiger partial charge < -0.3 is 16.3 Å². The van der Waals surface area contributed by atoms with Gasteiger partial charge in [0.05, 0.1) is 6.04 Å². The second-order valence-corrected chi connectivity index (χ2v) is 4.41. The van der Waals surface area contributed by atoms with Crippen molar-refractivity contribution in [3.8, 4) is 0 Å². The third kappa shape index (κ3) is 3.66. The number of anilines is 1. The van der Waals surface area contributed by atoms with E-state index in [0.717, 1.165) is 12.1 Å². The molecule has 0 spiro atoms. The quantitative estimate of drug-likeness (QED) is 0.318. The van der Waals surface area contributed by atoms with Gasteiger partial charge in [-0.25, -0.2) is 0 Å². The van der Waals surface area contributed by atoms with Gasteiger partial charge in [0.1, 0.15) is 0 Å². The molecule has 0 aliphatic carbocycles. The minimum Gasteiger partial charge on any atom is -0.409 e. The molecule has 17 heavy (non-hydrogen) atoms. The molecule has 0 amide bonds. The summed E-state index contributed by atoms with van der Waals surface area (Å²) < 4.78 is 0. The van der Waals surface area contributed by atoms with E-state index in [0.29, 0.717) is 5.92 Å². The fraction of sp³-hybridized carbons (Fsp3) is 0.462. The first-order valence-electron chi connectivity index (χ1n) is 5.92. The Morgan fingerprint density at radius 1 is 1.35 bits per heavy atom. The molecule has 4 nitrogen and oxygen atoms in total. The highest BCUT2D eigenvalue weighted by Crippen LogP contribution is 2.18. The SMILES string of the molecule is CCC(Nc1ccc(C(C)C)cc1)C(N)=NO. The fourth-order valence-electron chi connectivity index (χ4n) is 1.62. The highest BCUT2D eigenvalue weighted by Gasteiger charge is 2.11. The molecule has 1 aromatic rings. The van der Waals surface area contributed by atoms with E-state index in [1.165, 1.54) is 5.56 Å². The van der Waals surface area contributed by atoms with Gasteiger partial charge in [-0.1, -0.05) is 38.1 Å². The molecule has 0 bridgehead atoms. The van der Waals surface area contributed by atoms with Crippen molar-refractivity contribution in [1.29, 1.82) is 0 Å². The molecule has 4 heteroatoms. The van der Waals surface area contributed by atoms with Crippen molar-refractivity contribution in [1.82, 2.24) is 0 Å². The first kappa shape index (κ1) is 13.4. The molecule has 0 aliphatic heterocycles. The fourth-order valence-corrected chi connectivity index (χ4v) is 1.62. The van der Waals surface area contributed by atoms with Gasteiger partial charge in [-0.05, 0) is 30.0 Å². The van der Waals surface area contributed by atoms with E-state index in [1.807, 2.05) is 19.1 Å². The Bertz CT molecular complexity index is 371. The molecule has 1 unspecified atom stereocenters. The normalized spacial score (nSPS) is 13.8. The van der Waals surface area contributed by atoms with Crippen LogP contribution in [0.2, 0.25) is 0 Å². The summed E-state index contributed by atoms with van der Waals surface area (Å²) in [5.41, 5.74) is 7.87. The summed E-state index contributed by atoms with van der Waals surface area (Å²) in [5, 5.41) is 14.9. The number of hydrogen-bond acceptors (Lipinski definition) is 3. The standard InChI is InChI=1S/C13H21N3O/c1-4-12(13(14)16-17)15-11-7-5-10(6-8-11)9(2)3/h5-9,12,15,17H,4H2,1-3H3,(H2,14,16). The van der Waals surface area contributed by atoms with Gasteiger partial charge in [-0.3, -0.25) is 0 Å². The van der Waals surface area contributed by atoms with Crippen molar-refractivity contribution in [2.75, 3.05) is 5.32 Å². The van der Waals surface area contributed by atoms with Crippen LogP contribution in [-0.4, -0.2) is 17.1 Å². The zero-order valence-electron chi connectivity index (χ0n) is 10.6. The van der Waals surface area contributed by atoms with Crippen LogP contribution in [0.4, 0.5) is 5.69 Å². The molecule has 1 aromatic carbocycles. The van der Waals surface area contributed by atoms with E-state index in [1.54, 1.807) is 0 Å². The van der Waals surface area contributed by atoms with E-state index < -0.39 is 0 Å². The molecular weight excluding hydrogens is 214 g/mol. The number of amidine groups is 1. The van der Waals surface area contributed by atoms with Crippen LogP contribution in [0.15, 0.2) is 29.4 Å². The first-order valence-corrected chi connectivity index (χ1v) is 5.92. The molecule has 94 valence electrons. The molecular formula is C13H21N3O. The van der Waals surface area contributed by atoms with Crippen molar-refractivity contribution < 1.29 is 5.21 Å². The van der Waals surface area contributed by atoms with Crippen LogP contribution >= 0.6 is 0 Å². The van der Waals surface area contributed by atoms with Crippen LogP contribution in [0.25, 0.3) is 0 Å². The van der Waals surface area contributed by atoms with E-state index in [-0.39, 0.29) is 11.9 Å². The largest absolute Gasteiger partial charge is 0.409 e. The van der Waals surface area contributed by atoms with Crippen molar-refractivity contribution in [2.24, 2.45) is 10.9 Å². The lowest BCUT2D eigenvalue weighted by molar-refractivity contribution is 0.316. The highest BCUT2D eigenvalue weighted by molar-refractivity contribution is 5.87. The van der Waals surface area contributed by atoms with E-state index >= 15 is 0 Å². The third-order valence-electron chi connectivity index (χ3n) is 2.80. The van der Waals surface area contributed by atoms with Crippen LogP contribution < -0.4 is 11.1 Å². The zero-order valence-corrected chi connectivity index (χ0v) is 10.6. The van der Waals surface area contributed by atoms with Gasteiger partial charge in [0, 0.05) is 5.69 Å². The van der Waals surface area contributed by atoms with Gasteiger partial charge in [0.2, 0.25) is 0 Å². The van der Waals surface area contributed by atoms with E-state index in [4.69, 9.17) is 10.9 Å². The Kier molecular flexibility index (Phi) is 4.82. The third-order valence-corrected chi connectivity index (χ3v) is 2.80. The van der Waals surface area contributed by atoms with Crippen LogP contribution in [0.3, 0.4) is 0 Å². The molecule has 1 rings (SSSR count). The van der Waals surface area contributed by atoms with Crippen molar-refractivity contribution >= 4 is 11.5 Å². The topological polar surface area (TPSA) is 70.6 Å². The van der Waals surface area contributed by atoms with Crippen LogP contribution in [0.1, 0.15) is 38.7 Å². The summed E-state index contributed by atoms with van der Waals surface area (Å²) in [4.78, 5) is 0. The highest BCUT2D eigenvalue weighted by atomic mass is 16.4. The van der Waals surface area contributed by atoms with Crippen molar-refractivity contribution in [3.05, 3.63) is 29.8 Å². The molecule has 0 fully saturated rings. The van der Waals surface area contributed by atoms with E-state index in [9.17, 15) is 0 Å². The maximum atomic E-state index is 8.65. The molecule has 0 saturated heterocycles. The Balaban J connectivity index is 2.74. The Labute approximate surface area is 103 Å². The Hall–Kier alpha value is -1.71. The zero-order chi connectivity index (χ0) is 12.8. The molecule has 1 atom stereocenters. The number of hydrogen-bond donors (Lipinski definition) is 3. The van der Waals surface area contributed by atoms with Crippen LogP contribution in [0.5, 0.6) is 0 Å². The number of nitrogens with one attached hydrogen (secondary N) is 1. The van der Waals surface area contributed by atoms with Crippen molar-refractivity contribution in [2.45, 2.75) is 39.2 Å². The molecule has 0 heterocycles. The summed E-state index contributed by atoms with van der Waals surface area (Å²) >= 11 is 0. The van der Waals surface area contributed by atoms with Crippen molar-refractivity contribution in [3.63, 3.8) is 0 Å². The molecule has 4 N–H and O–H groups in total. The summed E-state index contributed by atoms with van der Waals surface area (Å²) in [6.07, 6.45) is 0.766. The van der Waals surface area contributed by atoms with Gasteiger partial charge in [0.15, 0.2) is 5.84 Å². The van der Waals surface area contributed by atoms with Gasteiger partial charge in [-0.15, -0.1) is 0 Å². The second kappa shape index (κ2) is 6.13. The molecule has 0 radical (unpaired) electrons. The van der Waals surface area contributed by atoms with Gasteiger partial charge >= 0.3 is 0 Å². The predicted octanol–water partition coefficient (Wildman–Crippen LogP) is 2.75. The molecule has 0 saturated carbocycles. The van der Waals surface area contributed by atoms with Crippen LogP contribution in [-0.2, 0) is 0 Å². The minimum absolute atomic E-state index is 0.134. The number of oxime groups is 1. The predicted molar refractivity (Wildman–Crippen MR) is 71.6 cm³/mol. The number of nitrogens with two attached hydrogens (primary N) is 1. The lowest BCUT2D eigenvalue weighted by atomic mass is 10.0. The summed E-state index contributed by atoms with van der Waals surface area (Å²) in [5.74, 6) is 0.732. The summed E-state index contributed by atoms with van der Waals surface area (Å²) in [7, 11) is 0. The molecule has 0 aromatic heterocycles. The van der Waals surface area contributed by atoms with E-state index in [2.05, 4.69) is 36.5 Å². The second-order valence-electron chi connectivity index (χ2n) is 4.41. The average Bonchev–Trinajstić information content (AvgIpc) is 2.35. The number of benzene rings is 1. The lowest BCUT2D eigenvalue weighted by Gasteiger charge is -2.17. The van der Waals surface area contributed by atoms with Gasteiger partial charge in [-0.2, -0.15) is 0 Å². The Morgan fingerprint density at radius 2 is 1.94 bits per heavy atom. The average molecular weight is 235 g/mol. The number of rotatable bonds is 5. The Morgan fingerprint density at radius 3 is 2.35 bits per heavy atom. The maximum Gasteiger partial charge on any atom is 0.161 e. The summed E-state index contributed by atoms with van der Waals surface area (Å²) in [6.45, 7) is 6.31.